The Kier molecular flexibility index (Phi) is 5.49. The molecule has 0 radical (unpaired) electrons. The summed E-state index contributed by atoms with van der Waals surface area (Å²) in [5, 5.41) is 3.39. The van der Waals surface area contributed by atoms with E-state index in [1.165, 1.54) is 0 Å². The Bertz CT molecular complexity index is 537. The number of nitrogen functional groups attached to an aromatic ring is 1. The van der Waals surface area contributed by atoms with Gasteiger partial charge in [0.25, 0.3) is 0 Å². The fourth-order valence-electron chi connectivity index (χ4n) is 2.14. The van der Waals surface area contributed by atoms with Gasteiger partial charge in [-0.15, -0.1) is 0 Å². The number of aryl methyl sites for hydroxylation is 1. The highest BCUT2D eigenvalue weighted by molar-refractivity contribution is 5.59. The molecule has 3 N–H and O–H groups in total. The van der Waals surface area contributed by atoms with E-state index in [1.54, 1.807) is 6.20 Å². The zero-order valence-corrected chi connectivity index (χ0v) is 12.7. The third-order valence-corrected chi connectivity index (χ3v) is 3.03. The van der Waals surface area contributed by atoms with Gasteiger partial charge in [-0.3, -0.25) is 0 Å². The first-order chi connectivity index (χ1) is 10.1. The van der Waals surface area contributed by atoms with Crippen LogP contribution in [0.3, 0.4) is 0 Å². The molecule has 21 heavy (non-hydrogen) atoms. The summed E-state index contributed by atoms with van der Waals surface area (Å²) in [7, 11) is 0. The Labute approximate surface area is 126 Å². The number of rotatable bonds is 8. The second kappa shape index (κ2) is 7.57. The quantitative estimate of drug-likeness (QED) is 0.578. The van der Waals surface area contributed by atoms with Crippen LogP contribution >= 0.6 is 0 Å². The van der Waals surface area contributed by atoms with Crippen LogP contribution in [0.5, 0.6) is 5.75 Å². The van der Waals surface area contributed by atoms with E-state index in [-0.39, 0.29) is 6.10 Å². The lowest BCUT2D eigenvalue weighted by Crippen LogP contribution is -2.07. The van der Waals surface area contributed by atoms with Gasteiger partial charge in [-0.05, 0) is 32.8 Å². The largest absolute Gasteiger partial charge is 0.491 e. The molecule has 0 saturated heterocycles. The summed E-state index contributed by atoms with van der Waals surface area (Å²) >= 11 is 0. The van der Waals surface area contributed by atoms with Gasteiger partial charge in [0.15, 0.2) is 0 Å². The summed E-state index contributed by atoms with van der Waals surface area (Å²) in [5.41, 5.74) is 7.62. The lowest BCUT2D eigenvalue weighted by Gasteiger charge is -2.13. The zero-order chi connectivity index (χ0) is 15.1. The van der Waals surface area contributed by atoms with Gasteiger partial charge < -0.3 is 20.4 Å². The van der Waals surface area contributed by atoms with Crippen molar-refractivity contribution in [2.45, 2.75) is 39.3 Å². The molecule has 0 amide bonds. The van der Waals surface area contributed by atoms with E-state index in [0.29, 0.717) is 5.69 Å². The highest BCUT2D eigenvalue weighted by Gasteiger charge is 2.02. The number of anilines is 2. The van der Waals surface area contributed by atoms with Crippen molar-refractivity contribution in [1.29, 1.82) is 0 Å². The maximum atomic E-state index is 5.90. The van der Waals surface area contributed by atoms with Crippen molar-refractivity contribution >= 4 is 11.4 Å². The maximum absolute atomic E-state index is 5.90. The predicted octanol–water partition coefficient (Wildman–Crippen LogP) is 3.14. The van der Waals surface area contributed by atoms with Gasteiger partial charge in [0, 0.05) is 49.0 Å². The standard InChI is InChI=1S/C16H24N4O/c1-13(2)21-16-10-14(17)9-15(11-16)19-5-3-4-7-20-8-6-18-12-20/h6,8-13,19H,3-5,7,17H2,1-2H3. The number of ether oxygens (including phenoxy) is 1. The highest BCUT2D eigenvalue weighted by Crippen LogP contribution is 2.23. The number of nitrogens with two attached hydrogens (primary N) is 1. The second-order valence-electron chi connectivity index (χ2n) is 5.39. The number of nitrogens with zero attached hydrogens (tertiary/aromatic N) is 2. The van der Waals surface area contributed by atoms with Gasteiger partial charge in [-0.2, -0.15) is 0 Å². The Morgan fingerprint density at radius 2 is 2.14 bits per heavy atom. The van der Waals surface area contributed by atoms with Gasteiger partial charge in [-0.25, -0.2) is 4.98 Å². The molecule has 0 fully saturated rings. The van der Waals surface area contributed by atoms with Crippen molar-refractivity contribution in [2.24, 2.45) is 0 Å². The van der Waals surface area contributed by atoms with E-state index in [4.69, 9.17) is 10.5 Å². The number of hydrogen-bond acceptors (Lipinski definition) is 4. The Hall–Kier alpha value is -2.17. The Morgan fingerprint density at radius 1 is 1.29 bits per heavy atom. The van der Waals surface area contributed by atoms with Crippen LogP contribution in [0.4, 0.5) is 11.4 Å². The molecule has 0 bridgehead atoms. The zero-order valence-electron chi connectivity index (χ0n) is 12.7. The molecule has 5 heteroatoms. The van der Waals surface area contributed by atoms with Crippen LogP contribution in [0.1, 0.15) is 26.7 Å². The molecule has 0 spiro atoms. The first kappa shape index (κ1) is 15.2. The van der Waals surface area contributed by atoms with Gasteiger partial charge in [0.2, 0.25) is 0 Å². The molecule has 1 aromatic carbocycles. The molecule has 1 heterocycles. The van der Waals surface area contributed by atoms with Gasteiger partial charge >= 0.3 is 0 Å². The van der Waals surface area contributed by atoms with Crippen molar-refractivity contribution in [1.82, 2.24) is 9.55 Å². The number of imidazole rings is 1. The molecular formula is C16H24N4O. The predicted molar refractivity (Wildman–Crippen MR) is 86.6 cm³/mol. The lowest BCUT2D eigenvalue weighted by molar-refractivity contribution is 0.242. The Morgan fingerprint density at radius 3 is 2.86 bits per heavy atom. The maximum Gasteiger partial charge on any atom is 0.123 e. The van der Waals surface area contributed by atoms with E-state index in [0.717, 1.165) is 37.4 Å². The monoisotopic (exact) mass is 288 g/mol. The van der Waals surface area contributed by atoms with E-state index >= 15 is 0 Å². The van der Waals surface area contributed by atoms with Crippen molar-refractivity contribution in [3.05, 3.63) is 36.9 Å². The van der Waals surface area contributed by atoms with Crippen LogP contribution in [0.15, 0.2) is 36.9 Å². The van der Waals surface area contributed by atoms with Gasteiger partial charge in [-0.1, -0.05) is 0 Å². The molecular weight excluding hydrogens is 264 g/mol. The van der Waals surface area contributed by atoms with Crippen LogP contribution in [0.2, 0.25) is 0 Å². The topological polar surface area (TPSA) is 65.1 Å². The van der Waals surface area contributed by atoms with Crippen molar-refractivity contribution in [3.63, 3.8) is 0 Å². The Balaban J connectivity index is 1.75. The fraction of sp³-hybridized carbons (Fsp3) is 0.438. The molecule has 114 valence electrons. The van der Waals surface area contributed by atoms with E-state index < -0.39 is 0 Å². The van der Waals surface area contributed by atoms with Crippen LogP contribution in [0.25, 0.3) is 0 Å². The molecule has 0 saturated carbocycles. The van der Waals surface area contributed by atoms with E-state index in [2.05, 4.69) is 14.9 Å². The molecule has 2 aromatic rings. The molecule has 2 rings (SSSR count). The van der Waals surface area contributed by atoms with Crippen LogP contribution in [0, 0.1) is 0 Å². The molecule has 1 aromatic heterocycles. The average molecular weight is 288 g/mol. The minimum atomic E-state index is 0.148. The number of hydrogen-bond donors (Lipinski definition) is 2. The molecule has 0 aliphatic rings. The molecule has 0 aliphatic carbocycles. The summed E-state index contributed by atoms with van der Waals surface area (Å²) in [6.07, 6.45) is 7.99. The van der Waals surface area contributed by atoms with Crippen molar-refractivity contribution in [3.8, 4) is 5.75 Å². The third kappa shape index (κ3) is 5.38. The molecule has 0 aliphatic heterocycles. The minimum absolute atomic E-state index is 0.148. The number of unbranched alkanes of at least 4 members (excludes halogenated alkanes) is 1. The fourth-order valence-corrected chi connectivity index (χ4v) is 2.14. The van der Waals surface area contributed by atoms with Crippen molar-refractivity contribution in [2.75, 3.05) is 17.6 Å². The number of aromatic nitrogens is 2. The van der Waals surface area contributed by atoms with Crippen LogP contribution < -0.4 is 15.8 Å². The SMILES string of the molecule is CC(C)Oc1cc(N)cc(NCCCCn2ccnc2)c1. The number of benzene rings is 1. The summed E-state index contributed by atoms with van der Waals surface area (Å²) < 4.78 is 7.77. The summed E-state index contributed by atoms with van der Waals surface area (Å²) in [6, 6.07) is 5.78. The van der Waals surface area contributed by atoms with Crippen LogP contribution in [-0.4, -0.2) is 22.2 Å². The second-order valence-corrected chi connectivity index (χ2v) is 5.39. The third-order valence-electron chi connectivity index (χ3n) is 3.03. The van der Waals surface area contributed by atoms with E-state index in [9.17, 15) is 0 Å². The van der Waals surface area contributed by atoms with Gasteiger partial charge in [0.1, 0.15) is 5.75 Å². The first-order valence-electron chi connectivity index (χ1n) is 7.40. The summed E-state index contributed by atoms with van der Waals surface area (Å²) in [5.74, 6) is 0.811. The highest BCUT2D eigenvalue weighted by atomic mass is 16.5. The molecule has 5 nitrogen and oxygen atoms in total. The number of nitrogens with one attached hydrogen (secondary N) is 1. The molecule has 0 unspecified atom stereocenters. The lowest BCUT2D eigenvalue weighted by atomic mass is 10.2. The van der Waals surface area contributed by atoms with Crippen LogP contribution in [-0.2, 0) is 6.54 Å². The van der Waals surface area contributed by atoms with Crippen molar-refractivity contribution < 1.29 is 4.74 Å². The summed E-state index contributed by atoms with van der Waals surface area (Å²) in [6.45, 7) is 5.93. The summed E-state index contributed by atoms with van der Waals surface area (Å²) in [4.78, 5) is 4.03. The first-order valence-corrected chi connectivity index (χ1v) is 7.40. The minimum Gasteiger partial charge on any atom is -0.491 e. The normalized spacial score (nSPS) is 10.8. The smallest absolute Gasteiger partial charge is 0.123 e. The van der Waals surface area contributed by atoms with Gasteiger partial charge in [0.05, 0.1) is 12.4 Å². The average Bonchev–Trinajstić information content (AvgIpc) is 2.90. The van der Waals surface area contributed by atoms with E-state index in [1.807, 2.05) is 44.6 Å². The molecule has 0 atom stereocenters.